The van der Waals surface area contributed by atoms with Gasteiger partial charge in [-0.15, -0.1) is 4.36 Å². The normalized spacial score (nSPS) is 15.9. The van der Waals surface area contributed by atoms with Crippen LogP contribution in [0, 0.1) is 5.82 Å². The number of carbonyl (C=O) groups is 1. The summed E-state index contributed by atoms with van der Waals surface area (Å²) in [4.78, 5) is 12.2. The van der Waals surface area contributed by atoms with Crippen molar-refractivity contribution in [3.8, 4) is 5.75 Å². The first-order valence-corrected chi connectivity index (χ1v) is 12.3. The summed E-state index contributed by atoms with van der Waals surface area (Å²) in [5, 5.41) is 18.3. The lowest BCUT2D eigenvalue weighted by atomic mass is 9.95. The van der Waals surface area contributed by atoms with Crippen LogP contribution in [0.1, 0.15) is 69.1 Å². The molecule has 0 saturated heterocycles. The maximum absolute atomic E-state index is 14.6. The van der Waals surface area contributed by atoms with E-state index in [1.54, 1.807) is 0 Å². The highest BCUT2D eigenvalue weighted by atomic mass is 32.2. The number of anilines is 1. The fourth-order valence-electron chi connectivity index (χ4n) is 3.57. The largest absolute Gasteiger partial charge is 0.435 e. The summed E-state index contributed by atoms with van der Waals surface area (Å²) in [6.07, 6.45) is 1.62. The van der Waals surface area contributed by atoms with E-state index in [-0.39, 0.29) is 23.1 Å². The lowest BCUT2D eigenvalue weighted by Crippen LogP contribution is -2.21. The summed E-state index contributed by atoms with van der Waals surface area (Å²) in [5.41, 5.74) is 0.397. The van der Waals surface area contributed by atoms with Crippen LogP contribution >= 0.6 is 0 Å². The summed E-state index contributed by atoms with van der Waals surface area (Å²) in [7, 11) is -3.96. The molecule has 0 heterocycles. The molecule has 2 aromatic rings. The molecule has 11 heteroatoms. The van der Waals surface area contributed by atoms with Gasteiger partial charge in [0.1, 0.15) is 21.5 Å². The summed E-state index contributed by atoms with van der Waals surface area (Å²) in [6.45, 7) is 3.55. The summed E-state index contributed by atoms with van der Waals surface area (Å²) in [5.74, 6) is -1.13. The molecule has 2 amide bonds. The van der Waals surface area contributed by atoms with E-state index in [9.17, 15) is 27.3 Å². The molecule has 0 aromatic heterocycles. The Kier molecular flexibility index (Phi) is 7.30. The molecule has 186 valence electrons. The number of aliphatic hydroxyl groups is 1. The third kappa shape index (κ3) is 6.08. The Morgan fingerprint density at radius 2 is 1.91 bits per heavy atom. The zero-order valence-corrected chi connectivity index (χ0v) is 20.1. The molecule has 0 radical (unpaired) electrons. The molecule has 34 heavy (non-hydrogen) atoms. The molecule has 1 saturated carbocycles. The van der Waals surface area contributed by atoms with Crippen LogP contribution in [-0.4, -0.2) is 22.0 Å². The lowest BCUT2D eigenvalue weighted by molar-refractivity contribution is -0.0499. The molecule has 2 aromatic carbocycles. The second-order valence-corrected chi connectivity index (χ2v) is 10.8. The summed E-state index contributed by atoms with van der Waals surface area (Å²) in [6, 6.07) is 5.24. The molecule has 1 aliphatic carbocycles. The van der Waals surface area contributed by atoms with Gasteiger partial charge in [0.2, 0.25) is 0 Å². The molecule has 4 N–H and O–H groups in total. The van der Waals surface area contributed by atoms with Gasteiger partial charge in [0.05, 0.1) is 10.5 Å². The number of rotatable bonds is 7. The Bertz CT molecular complexity index is 1190. The highest BCUT2D eigenvalue weighted by Gasteiger charge is 2.30. The highest BCUT2D eigenvalue weighted by Crippen LogP contribution is 2.47. The maximum Gasteiger partial charge on any atom is 0.387 e. The second-order valence-electron chi connectivity index (χ2n) is 9.08. The molecule has 1 atom stereocenters. The number of nitrogens with two attached hydrogens (primary N) is 1. The average Bonchev–Trinajstić information content (AvgIpc) is 3.51. The molecule has 3 rings (SSSR count). The van der Waals surface area contributed by atoms with Gasteiger partial charge < -0.3 is 15.2 Å². The van der Waals surface area contributed by atoms with E-state index >= 15 is 0 Å². The Morgan fingerprint density at radius 1 is 1.26 bits per heavy atom. The number of halogens is 3. The molecule has 7 nitrogen and oxygen atoms in total. The zero-order chi connectivity index (χ0) is 25.4. The van der Waals surface area contributed by atoms with Crippen LogP contribution < -0.4 is 15.2 Å². The monoisotopic (exact) mass is 499 g/mol. The predicted molar refractivity (Wildman–Crippen MR) is 123 cm³/mol. The van der Waals surface area contributed by atoms with Gasteiger partial charge in [-0.25, -0.2) is 18.5 Å². The van der Waals surface area contributed by atoms with E-state index in [1.807, 2.05) is 13.8 Å². The number of carbonyl (C=O) groups excluding carboxylic acids is 1. The van der Waals surface area contributed by atoms with Gasteiger partial charge >= 0.3 is 12.6 Å². The minimum Gasteiger partial charge on any atom is -0.435 e. The molecule has 1 fully saturated rings. The van der Waals surface area contributed by atoms with E-state index < -0.39 is 38.9 Å². The van der Waals surface area contributed by atoms with E-state index in [0.717, 1.165) is 25.0 Å². The first-order chi connectivity index (χ1) is 15.7. The first kappa shape index (κ1) is 26.0. The number of hydrogen-bond donors (Lipinski definition) is 3. The molecule has 0 bridgehead atoms. The third-order valence-corrected chi connectivity index (χ3v) is 6.84. The minimum absolute atomic E-state index is 0.0212. The number of nitrogens with zero attached hydrogens (tertiary/aromatic N) is 1. The van der Waals surface area contributed by atoms with Gasteiger partial charge in [-0.05, 0) is 79.5 Å². The van der Waals surface area contributed by atoms with Crippen LogP contribution in [-0.2, 0) is 15.5 Å². The van der Waals surface area contributed by atoms with Crippen molar-refractivity contribution in [3.05, 3.63) is 52.8 Å². The van der Waals surface area contributed by atoms with Crippen molar-refractivity contribution < 1.29 is 32.0 Å². The summed E-state index contributed by atoms with van der Waals surface area (Å²) >= 11 is 0. The SMILES string of the molecule is CC(C)c1cc(OC(F)F)cc(C2CC2)c1NC(=O)N=[S@](N)(=O)c1ccc(C(C)(C)O)cc1F. The van der Waals surface area contributed by atoms with Crippen molar-refractivity contribution in [1.82, 2.24) is 0 Å². The number of ether oxygens (including phenoxy) is 1. The van der Waals surface area contributed by atoms with Crippen molar-refractivity contribution >= 4 is 21.6 Å². The van der Waals surface area contributed by atoms with Crippen LogP contribution in [0.3, 0.4) is 0 Å². The van der Waals surface area contributed by atoms with Crippen molar-refractivity contribution in [2.24, 2.45) is 9.50 Å². The highest BCUT2D eigenvalue weighted by molar-refractivity contribution is 7.91. The molecular formula is C23H28F3N3O4S. The predicted octanol–water partition coefficient (Wildman–Crippen LogP) is 5.59. The van der Waals surface area contributed by atoms with Gasteiger partial charge in [-0.1, -0.05) is 19.9 Å². The van der Waals surface area contributed by atoms with Crippen LogP contribution in [0.25, 0.3) is 0 Å². The number of benzene rings is 2. The van der Waals surface area contributed by atoms with Gasteiger partial charge in [0, 0.05) is 5.69 Å². The number of hydrogen-bond acceptors (Lipinski definition) is 4. The van der Waals surface area contributed by atoms with Crippen molar-refractivity contribution in [1.29, 1.82) is 0 Å². The Labute approximate surface area is 196 Å². The van der Waals surface area contributed by atoms with E-state index in [2.05, 4.69) is 14.4 Å². The smallest absolute Gasteiger partial charge is 0.387 e. The standard InChI is InChI=1S/C23H28F3N3O4S/c1-12(2)16-10-15(33-21(25)26)11-17(13-5-6-13)20(16)28-22(30)29-34(27,32)19-8-7-14(9-18(19)24)23(3,4)31/h7-13,21,31H,5-6H2,1-4H3,(H3,27,28,29,30,32)/t34-/m0/s1. The number of alkyl halides is 2. The first-order valence-electron chi connectivity index (χ1n) is 10.7. The van der Waals surface area contributed by atoms with Crippen LogP contribution in [0.15, 0.2) is 39.6 Å². The van der Waals surface area contributed by atoms with Crippen LogP contribution in [0.4, 0.5) is 23.7 Å². The Morgan fingerprint density at radius 3 is 2.41 bits per heavy atom. The van der Waals surface area contributed by atoms with Crippen molar-refractivity contribution in [2.75, 3.05) is 5.32 Å². The molecular weight excluding hydrogens is 471 g/mol. The minimum atomic E-state index is -3.96. The molecule has 0 unspecified atom stereocenters. The zero-order valence-electron chi connectivity index (χ0n) is 19.3. The molecule has 0 spiro atoms. The van der Waals surface area contributed by atoms with Gasteiger partial charge in [0.15, 0.2) is 0 Å². The quantitative estimate of drug-likeness (QED) is 0.461. The van der Waals surface area contributed by atoms with E-state index in [1.165, 1.54) is 32.0 Å². The molecule has 1 aliphatic rings. The Balaban J connectivity index is 1.98. The van der Waals surface area contributed by atoms with Crippen LogP contribution in [0.5, 0.6) is 5.75 Å². The second kappa shape index (κ2) is 9.55. The third-order valence-electron chi connectivity index (χ3n) is 5.44. The average molecular weight is 500 g/mol. The fraction of sp³-hybridized carbons (Fsp3) is 0.435. The maximum atomic E-state index is 14.6. The lowest BCUT2D eigenvalue weighted by Gasteiger charge is -2.20. The van der Waals surface area contributed by atoms with Crippen molar-refractivity contribution in [2.45, 2.75) is 69.5 Å². The number of amides is 2. The van der Waals surface area contributed by atoms with Crippen molar-refractivity contribution in [3.63, 3.8) is 0 Å². The van der Waals surface area contributed by atoms with E-state index in [4.69, 9.17) is 5.14 Å². The number of urea groups is 1. The van der Waals surface area contributed by atoms with Crippen LogP contribution in [0.2, 0.25) is 0 Å². The van der Waals surface area contributed by atoms with E-state index in [0.29, 0.717) is 16.8 Å². The Hall–Kier alpha value is -2.63. The van der Waals surface area contributed by atoms with Gasteiger partial charge in [-0.3, -0.25) is 0 Å². The van der Waals surface area contributed by atoms with Gasteiger partial charge in [-0.2, -0.15) is 8.78 Å². The molecule has 0 aliphatic heterocycles. The van der Waals surface area contributed by atoms with Gasteiger partial charge in [0.25, 0.3) is 0 Å². The fourth-order valence-corrected chi connectivity index (χ4v) is 4.56. The number of nitrogens with one attached hydrogen (secondary N) is 1. The topological polar surface area (TPSA) is 114 Å². The summed E-state index contributed by atoms with van der Waals surface area (Å²) < 4.78 is 61.2.